The van der Waals surface area contributed by atoms with Gasteiger partial charge in [-0.25, -0.2) is 12.7 Å². The van der Waals surface area contributed by atoms with Crippen LogP contribution in [0.15, 0.2) is 23.1 Å². The monoisotopic (exact) mass is 331 g/mol. The molecule has 1 rings (SSSR count). The van der Waals surface area contributed by atoms with Crippen molar-refractivity contribution in [1.29, 1.82) is 0 Å². The number of anilines is 2. The Hall–Kier alpha value is -0.920. The van der Waals surface area contributed by atoms with E-state index in [1.54, 1.807) is 6.07 Å². The lowest BCUT2D eigenvalue weighted by Crippen LogP contribution is -2.24. The molecule has 0 bridgehead atoms. The van der Waals surface area contributed by atoms with Gasteiger partial charge in [0.25, 0.3) is 0 Å². The number of sulfonamides is 1. The molecule has 5 nitrogen and oxygen atoms in total. The summed E-state index contributed by atoms with van der Waals surface area (Å²) in [5, 5.41) is 3.30. The van der Waals surface area contributed by atoms with Crippen molar-refractivity contribution in [1.82, 2.24) is 4.31 Å². The van der Waals surface area contributed by atoms with Crippen molar-refractivity contribution in [3.8, 4) is 0 Å². The number of rotatable bonds is 8. The molecular weight excluding hydrogens is 306 g/mol. The Balaban J connectivity index is 2.91. The van der Waals surface area contributed by atoms with Crippen LogP contribution in [0.5, 0.6) is 0 Å². The smallest absolute Gasteiger partial charge is 0.244 e. The van der Waals surface area contributed by atoms with Crippen molar-refractivity contribution in [2.75, 3.05) is 36.7 Å². The van der Waals surface area contributed by atoms with E-state index in [2.05, 4.69) is 19.2 Å². The number of thioether (sulfide) groups is 1. The van der Waals surface area contributed by atoms with Crippen LogP contribution in [0, 0.1) is 0 Å². The molecule has 0 spiro atoms. The highest BCUT2D eigenvalue weighted by atomic mass is 32.2. The zero-order valence-electron chi connectivity index (χ0n) is 13.1. The number of nitrogen functional groups attached to an aromatic ring is 1. The summed E-state index contributed by atoms with van der Waals surface area (Å²) in [6, 6.07) is 5.30. The van der Waals surface area contributed by atoms with Gasteiger partial charge >= 0.3 is 0 Å². The van der Waals surface area contributed by atoms with Crippen LogP contribution in [-0.4, -0.2) is 44.4 Å². The standard InChI is InChI=1S/C14H25N3O2S2/c1-5-20-10-9-11(2)16-12-7-6-8-13(14(12)15)21(18,19)17(3)4/h6-8,11,16H,5,9-10,15H2,1-4H3. The van der Waals surface area contributed by atoms with Crippen molar-refractivity contribution in [3.63, 3.8) is 0 Å². The molecule has 1 unspecified atom stereocenters. The summed E-state index contributed by atoms with van der Waals surface area (Å²) < 4.78 is 25.6. The Bertz CT molecular complexity index is 559. The minimum absolute atomic E-state index is 0.146. The first kappa shape index (κ1) is 18.1. The molecule has 0 saturated carbocycles. The number of nitrogens with one attached hydrogen (secondary N) is 1. The normalized spacial score (nSPS) is 13.4. The van der Waals surface area contributed by atoms with Gasteiger partial charge in [-0.3, -0.25) is 0 Å². The van der Waals surface area contributed by atoms with Gasteiger partial charge in [-0.2, -0.15) is 11.8 Å². The zero-order valence-corrected chi connectivity index (χ0v) is 14.7. The van der Waals surface area contributed by atoms with Crippen molar-refractivity contribution in [3.05, 3.63) is 18.2 Å². The van der Waals surface area contributed by atoms with Crippen LogP contribution in [0.2, 0.25) is 0 Å². The summed E-state index contributed by atoms with van der Waals surface area (Å²) in [6.07, 6.45) is 1.00. The van der Waals surface area contributed by atoms with E-state index in [0.717, 1.165) is 17.9 Å². The predicted octanol–water partition coefficient (Wildman–Crippen LogP) is 2.46. The minimum Gasteiger partial charge on any atom is -0.396 e. The molecule has 0 aliphatic heterocycles. The fourth-order valence-electron chi connectivity index (χ4n) is 1.83. The van der Waals surface area contributed by atoms with Crippen LogP contribution < -0.4 is 11.1 Å². The van der Waals surface area contributed by atoms with Gasteiger partial charge in [-0.1, -0.05) is 13.0 Å². The van der Waals surface area contributed by atoms with Gasteiger partial charge in [-0.05, 0) is 37.0 Å². The molecule has 1 aromatic rings. The van der Waals surface area contributed by atoms with E-state index in [4.69, 9.17) is 5.73 Å². The lowest BCUT2D eigenvalue weighted by molar-refractivity contribution is 0.521. The predicted molar refractivity (Wildman–Crippen MR) is 92.4 cm³/mol. The molecule has 0 saturated heterocycles. The van der Waals surface area contributed by atoms with Crippen molar-refractivity contribution >= 4 is 33.2 Å². The molecule has 0 heterocycles. The Morgan fingerprint density at radius 1 is 1.38 bits per heavy atom. The van der Waals surface area contributed by atoms with Gasteiger partial charge < -0.3 is 11.1 Å². The van der Waals surface area contributed by atoms with Crippen molar-refractivity contribution in [2.24, 2.45) is 0 Å². The average molecular weight is 332 g/mol. The lowest BCUT2D eigenvalue weighted by Gasteiger charge is -2.19. The fraction of sp³-hybridized carbons (Fsp3) is 0.571. The maximum Gasteiger partial charge on any atom is 0.244 e. The third kappa shape index (κ3) is 4.79. The molecule has 1 atom stereocenters. The quantitative estimate of drug-likeness (QED) is 0.565. The van der Waals surface area contributed by atoms with E-state index in [0.29, 0.717) is 5.69 Å². The van der Waals surface area contributed by atoms with Gasteiger partial charge in [0.15, 0.2) is 0 Å². The molecule has 3 N–H and O–H groups in total. The Kier molecular flexibility index (Phi) is 6.83. The third-order valence-electron chi connectivity index (χ3n) is 3.13. The average Bonchev–Trinajstić information content (AvgIpc) is 2.41. The van der Waals surface area contributed by atoms with Crippen molar-refractivity contribution < 1.29 is 8.42 Å². The molecule has 0 aliphatic rings. The minimum atomic E-state index is -3.52. The Labute approximate surface area is 132 Å². The lowest BCUT2D eigenvalue weighted by atomic mass is 10.2. The summed E-state index contributed by atoms with van der Waals surface area (Å²) in [5.41, 5.74) is 6.99. The largest absolute Gasteiger partial charge is 0.396 e. The maximum absolute atomic E-state index is 12.2. The molecule has 0 aromatic heterocycles. The zero-order chi connectivity index (χ0) is 16.0. The first-order chi connectivity index (χ1) is 9.80. The number of nitrogens with two attached hydrogens (primary N) is 1. The number of benzene rings is 1. The second kappa shape index (κ2) is 7.91. The third-order valence-corrected chi connectivity index (χ3v) is 5.93. The second-order valence-electron chi connectivity index (χ2n) is 5.04. The molecular formula is C14H25N3O2S2. The SMILES string of the molecule is CCSCCC(C)Nc1cccc(S(=O)(=O)N(C)C)c1N. The summed E-state index contributed by atoms with van der Waals surface area (Å²) in [6.45, 7) is 4.21. The van der Waals surface area contributed by atoms with E-state index in [1.165, 1.54) is 24.5 Å². The molecule has 7 heteroatoms. The number of para-hydroxylation sites is 1. The molecule has 21 heavy (non-hydrogen) atoms. The summed E-state index contributed by atoms with van der Waals surface area (Å²) >= 11 is 1.89. The molecule has 0 radical (unpaired) electrons. The van der Waals surface area contributed by atoms with E-state index in [1.807, 2.05) is 17.8 Å². The summed E-state index contributed by atoms with van der Waals surface area (Å²) in [5.74, 6) is 2.17. The van der Waals surface area contributed by atoms with Crippen LogP contribution in [-0.2, 0) is 10.0 Å². The van der Waals surface area contributed by atoms with E-state index in [-0.39, 0.29) is 16.6 Å². The maximum atomic E-state index is 12.2. The summed E-state index contributed by atoms with van der Waals surface area (Å²) in [7, 11) is -0.524. The molecule has 0 aliphatic carbocycles. The van der Waals surface area contributed by atoms with Gasteiger partial charge in [0.05, 0.1) is 11.4 Å². The Morgan fingerprint density at radius 2 is 2.05 bits per heavy atom. The van der Waals surface area contributed by atoms with Crippen LogP contribution >= 0.6 is 11.8 Å². The number of hydrogen-bond donors (Lipinski definition) is 2. The van der Waals surface area contributed by atoms with Crippen LogP contribution in [0.25, 0.3) is 0 Å². The van der Waals surface area contributed by atoms with Crippen LogP contribution in [0.3, 0.4) is 0 Å². The van der Waals surface area contributed by atoms with Gasteiger partial charge in [-0.15, -0.1) is 0 Å². The van der Waals surface area contributed by atoms with E-state index < -0.39 is 10.0 Å². The van der Waals surface area contributed by atoms with E-state index >= 15 is 0 Å². The Morgan fingerprint density at radius 3 is 2.62 bits per heavy atom. The van der Waals surface area contributed by atoms with E-state index in [9.17, 15) is 8.42 Å². The van der Waals surface area contributed by atoms with Crippen LogP contribution in [0.4, 0.5) is 11.4 Å². The molecule has 0 amide bonds. The first-order valence-electron chi connectivity index (χ1n) is 6.96. The van der Waals surface area contributed by atoms with Gasteiger partial charge in [0.2, 0.25) is 10.0 Å². The van der Waals surface area contributed by atoms with Gasteiger partial charge in [0, 0.05) is 20.1 Å². The van der Waals surface area contributed by atoms with Crippen molar-refractivity contribution in [2.45, 2.75) is 31.2 Å². The highest BCUT2D eigenvalue weighted by Crippen LogP contribution is 2.29. The topological polar surface area (TPSA) is 75.4 Å². The fourth-order valence-corrected chi connectivity index (χ4v) is 3.67. The van der Waals surface area contributed by atoms with Crippen LogP contribution in [0.1, 0.15) is 20.3 Å². The molecule has 1 aromatic carbocycles. The first-order valence-corrected chi connectivity index (χ1v) is 9.55. The second-order valence-corrected chi connectivity index (χ2v) is 8.55. The summed E-state index contributed by atoms with van der Waals surface area (Å²) in [4.78, 5) is 0.146. The number of hydrogen-bond acceptors (Lipinski definition) is 5. The molecule has 0 fully saturated rings. The highest BCUT2D eigenvalue weighted by molar-refractivity contribution is 7.99. The van der Waals surface area contributed by atoms with Gasteiger partial charge in [0.1, 0.15) is 4.90 Å². The molecule has 120 valence electrons. The number of nitrogens with zero attached hydrogens (tertiary/aromatic N) is 1. The highest BCUT2D eigenvalue weighted by Gasteiger charge is 2.21.